The maximum atomic E-state index is 10.8. The Morgan fingerprint density at radius 1 is 1.24 bits per heavy atom. The van der Waals surface area contributed by atoms with Crippen molar-refractivity contribution in [3.05, 3.63) is 36.2 Å². The Labute approximate surface area is 147 Å². The lowest BCUT2D eigenvalue weighted by atomic mass is 10.3. The van der Waals surface area contributed by atoms with E-state index in [1.165, 1.54) is 10.9 Å². The average molecular weight is 366 g/mol. The zero-order valence-corrected chi connectivity index (χ0v) is 15.1. The van der Waals surface area contributed by atoms with Crippen LogP contribution >= 0.6 is 0 Å². The molecule has 0 spiro atoms. The van der Waals surface area contributed by atoms with Gasteiger partial charge >= 0.3 is 0 Å². The summed E-state index contributed by atoms with van der Waals surface area (Å²) in [4.78, 5) is 0. The van der Waals surface area contributed by atoms with Crippen molar-refractivity contribution >= 4 is 21.5 Å². The van der Waals surface area contributed by atoms with Gasteiger partial charge in [0.1, 0.15) is 11.4 Å². The summed E-state index contributed by atoms with van der Waals surface area (Å²) in [5.41, 5.74) is 1.89. The molecule has 0 bridgehead atoms. The highest BCUT2D eigenvalue weighted by Crippen LogP contribution is 2.23. The Morgan fingerprint density at radius 3 is 2.60 bits per heavy atom. The first-order chi connectivity index (χ1) is 11.9. The number of rotatable bonds is 9. The molecule has 0 aliphatic rings. The average Bonchev–Trinajstić information content (AvgIpc) is 2.92. The van der Waals surface area contributed by atoms with E-state index in [1.807, 2.05) is 24.3 Å². The molecule has 0 aliphatic carbocycles. The van der Waals surface area contributed by atoms with Crippen LogP contribution in [0.15, 0.2) is 40.7 Å². The van der Waals surface area contributed by atoms with E-state index in [0.29, 0.717) is 23.7 Å². The van der Waals surface area contributed by atoms with Crippen LogP contribution in [0, 0.1) is 6.92 Å². The molecule has 1 aromatic carbocycles. The predicted octanol–water partition coefficient (Wildman–Crippen LogP) is 3.67. The summed E-state index contributed by atoms with van der Waals surface area (Å²) < 4.78 is 37.5. The molecule has 136 valence electrons. The van der Waals surface area contributed by atoms with Crippen molar-refractivity contribution in [1.82, 2.24) is 9.78 Å². The summed E-state index contributed by atoms with van der Waals surface area (Å²) in [6.07, 6.45) is 3.61. The Balaban J connectivity index is 1.98. The molecule has 8 nitrogen and oxygen atoms in total. The topological polar surface area (TPSA) is 106 Å². The van der Waals surface area contributed by atoms with E-state index < -0.39 is 15.9 Å². The van der Waals surface area contributed by atoms with Crippen LogP contribution in [0.4, 0.5) is 11.4 Å². The molecule has 0 fully saturated rings. The van der Waals surface area contributed by atoms with Gasteiger partial charge in [-0.25, -0.2) is 0 Å². The van der Waals surface area contributed by atoms with Crippen molar-refractivity contribution in [2.75, 3.05) is 12.4 Å². The van der Waals surface area contributed by atoms with Crippen molar-refractivity contribution in [2.45, 2.75) is 33.2 Å². The van der Waals surface area contributed by atoms with E-state index in [2.05, 4.69) is 22.3 Å². The lowest BCUT2D eigenvalue weighted by Gasteiger charge is -2.04. The molecule has 2 rings (SSSR count). The van der Waals surface area contributed by atoms with E-state index >= 15 is 0 Å². The maximum absolute atomic E-state index is 10.8. The molecule has 1 N–H and O–H groups in total. The maximum Gasteiger partial charge on any atom is 0.266 e. The molecule has 0 unspecified atom stereocenters. The number of ether oxygens (including phenoxy) is 1. The minimum atomic E-state index is -4.02. The molecule has 0 saturated carbocycles. The minimum Gasteiger partial charge on any atom is -0.494 e. The summed E-state index contributed by atoms with van der Waals surface area (Å²) in [5, 5.41) is 12.3. The van der Waals surface area contributed by atoms with Crippen LogP contribution < -0.4 is 4.74 Å². The van der Waals surface area contributed by atoms with Crippen LogP contribution in [-0.4, -0.2) is 35.1 Å². The van der Waals surface area contributed by atoms with Crippen LogP contribution in [0.1, 0.15) is 25.5 Å². The summed E-state index contributed by atoms with van der Waals surface area (Å²) in [6, 6.07) is 7.30. The Bertz CT molecular complexity index is 813. The summed E-state index contributed by atoms with van der Waals surface area (Å²) in [6.45, 7) is 4.62. The number of hydrogen-bond acceptors (Lipinski definition) is 6. The van der Waals surface area contributed by atoms with Gasteiger partial charge in [0.15, 0.2) is 0 Å². The monoisotopic (exact) mass is 366 g/mol. The quantitative estimate of drug-likeness (QED) is 0.414. The Kier molecular flexibility index (Phi) is 6.65. The molecular formula is C16H22N4O4S. The summed E-state index contributed by atoms with van der Waals surface area (Å²) >= 11 is 0. The van der Waals surface area contributed by atoms with Crippen LogP contribution in [0.2, 0.25) is 0 Å². The van der Waals surface area contributed by atoms with Gasteiger partial charge in [0, 0.05) is 0 Å². The van der Waals surface area contributed by atoms with E-state index in [-0.39, 0.29) is 6.54 Å². The summed E-state index contributed by atoms with van der Waals surface area (Å²) in [5.74, 6) is 0.396. The van der Waals surface area contributed by atoms with Crippen molar-refractivity contribution in [1.29, 1.82) is 0 Å². The fourth-order valence-electron chi connectivity index (χ4n) is 2.02. The molecule has 0 amide bonds. The molecule has 2 aromatic rings. The second kappa shape index (κ2) is 8.72. The second-order valence-electron chi connectivity index (χ2n) is 5.52. The van der Waals surface area contributed by atoms with Gasteiger partial charge in [-0.15, -0.1) is 5.11 Å². The zero-order chi connectivity index (χ0) is 18.3. The van der Waals surface area contributed by atoms with Gasteiger partial charge in [0.25, 0.3) is 10.1 Å². The number of nitrogens with zero attached hydrogens (tertiary/aromatic N) is 4. The van der Waals surface area contributed by atoms with Crippen molar-refractivity contribution in [3.63, 3.8) is 0 Å². The second-order valence-corrected chi connectivity index (χ2v) is 7.09. The zero-order valence-electron chi connectivity index (χ0n) is 14.3. The molecule has 0 aliphatic heterocycles. The first kappa shape index (κ1) is 19.1. The van der Waals surface area contributed by atoms with Gasteiger partial charge in [0.05, 0.1) is 36.5 Å². The predicted molar refractivity (Wildman–Crippen MR) is 94.4 cm³/mol. The number of aryl methyl sites for hydroxylation is 1. The molecule has 1 heterocycles. The van der Waals surface area contributed by atoms with Gasteiger partial charge in [-0.3, -0.25) is 9.23 Å². The van der Waals surface area contributed by atoms with Crippen molar-refractivity contribution in [2.24, 2.45) is 10.2 Å². The number of benzene rings is 1. The van der Waals surface area contributed by atoms with Crippen molar-refractivity contribution in [3.8, 4) is 5.75 Å². The minimum absolute atomic E-state index is 0.0595. The molecule has 9 heteroatoms. The standard InChI is InChI=1S/C16H22N4O4S/c1-3-4-10-24-15-7-5-14(6-8-15)18-19-16-12-17-20(13(16)2)9-11-25(21,22)23/h5-8,12H,3-4,9-11H2,1-2H3,(H,21,22,23). The molecule has 0 saturated heterocycles. The normalized spacial score (nSPS) is 12.0. The fraction of sp³-hybridized carbons (Fsp3) is 0.438. The summed E-state index contributed by atoms with van der Waals surface area (Å²) in [7, 11) is -4.02. The van der Waals surface area contributed by atoms with Crippen LogP contribution in [-0.2, 0) is 16.7 Å². The van der Waals surface area contributed by atoms with Crippen molar-refractivity contribution < 1.29 is 17.7 Å². The highest BCUT2D eigenvalue weighted by Gasteiger charge is 2.10. The lowest BCUT2D eigenvalue weighted by molar-refractivity contribution is 0.309. The molecule has 0 radical (unpaired) electrons. The Hall–Kier alpha value is -2.26. The third kappa shape index (κ3) is 6.28. The number of hydrogen-bond donors (Lipinski definition) is 1. The number of azo groups is 1. The fourth-order valence-corrected chi connectivity index (χ4v) is 2.42. The van der Waals surface area contributed by atoms with Crippen LogP contribution in [0.25, 0.3) is 0 Å². The highest BCUT2D eigenvalue weighted by atomic mass is 32.2. The first-order valence-corrected chi connectivity index (χ1v) is 9.62. The van der Waals surface area contributed by atoms with E-state index in [1.54, 1.807) is 6.92 Å². The third-order valence-corrected chi connectivity index (χ3v) is 4.21. The Morgan fingerprint density at radius 2 is 1.96 bits per heavy atom. The van der Waals surface area contributed by atoms with Gasteiger partial charge < -0.3 is 4.74 Å². The third-order valence-electron chi connectivity index (χ3n) is 3.51. The van der Waals surface area contributed by atoms with Gasteiger partial charge in [0.2, 0.25) is 0 Å². The molecule has 1 aromatic heterocycles. The molecule has 0 atom stereocenters. The smallest absolute Gasteiger partial charge is 0.266 e. The largest absolute Gasteiger partial charge is 0.494 e. The van der Waals surface area contributed by atoms with Gasteiger partial charge in [-0.1, -0.05) is 13.3 Å². The SMILES string of the molecule is CCCCOc1ccc(N=Nc2cnn(CCS(=O)(=O)O)c2C)cc1. The lowest BCUT2D eigenvalue weighted by Crippen LogP contribution is -2.13. The van der Waals surface area contributed by atoms with E-state index in [9.17, 15) is 8.42 Å². The number of aromatic nitrogens is 2. The van der Waals surface area contributed by atoms with Gasteiger partial charge in [-0.2, -0.15) is 18.6 Å². The first-order valence-electron chi connectivity index (χ1n) is 8.01. The molecular weight excluding hydrogens is 344 g/mol. The van der Waals surface area contributed by atoms with E-state index in [4.69, 9.17) is 9.29 Å². The van der Waals surface area contributed by atoms with E-state index in [0.717, 1.165) is 18.6 Å². The van der Waals surface area contributed by atoms with Gasteiger partial charge in [-0.05, 0) is 37.6 Å². The number of unbranched alkanes of at least 4 members (excludes halogenated alkanes) is 1. The molecule has 25 heavy (non-hydrogen) atoms. The highest BCUT2D eigenvalue weighted by molar-refractivity contribution is 7.85. The van der Waals surface area contributed by atoms with Crippen LogP contribution in [0.3, 0.4) is 0 Å². The van der Waals surface area contributed by atoms with Crippen LogP contribution in [0.5, 0.6) is 5.75 Å².